The van der Waals surface area contributed by atoms with E-state index in [-0.39, 0.29) is 17.4 Å². The summed E-state index contributed by atoms with van der Waals surface area (Å²) in [7, 11) is 0. The van der Waals surface area contributed by atoms with Gasteiger partial charge in [-0.05, 0) is 37.1 Å². The van der Waals surface area contributed by atoms with Crippen molar-refractivity contribution in [3.63, 3.8) is 0 Å². The zero-order valence-electron chi connectivity index (χ0n) is 11.0. The van der Waals surface area contributed by atoms with Crippen molar-refractivity contribution in [1.82, 2.24) is 4.90 Å². The van der Waals surface area contributed by atoms with Gasteiger partial charge < -0.3 is 10.8 Å². The summed E-state index contributed by atoms with van der Waals surface area (Å²) in [5.74, 6) is -1.26. The Kier molecular flexibility index (Phi) is 4.77. The molecule has 1 unspecified atom stereocenters. The van der Waals surface area contributed by atoms with E-state index in [1.54, 1.807) is 18.2 Å². The topological polar surface area (TPSA) is 83.6 Å². The predicted molar refractivity (Wildman–Crippen MR) is 78.3 cm³/mol. The van der Waals surface area contributed by atoms with E-state index in [0.29, 0.717) is 13.1 Å². The molecule has 0 saturated carbocycles. The Morgan fingerprint density at radius 2 is 2.20 bits per heavy atom. The van der Waals surface area contributed by atoms with Crippen LogP contribution in [0.25, 0.3) is 0 Å². The summed E-state index contributed by atoms with van der Waals surface area (Å²) in [5, 5.41) is 8.93. The monoisotopic (exact) mass is 340 g/mol. The van der Waals surface area contributed by atoms with Crippen LogP contribution in [0.4, 0.5) is 0 Å². The maximum absolute atomic E-state index is 11.3. The number of piperidine rings is 1. The fourth-order valence-corrected chi connectivity index (χ4v) is 2.99. The van der Waals surface area contributed by atoms with E-state index in [0.717, 1.165) is 29.4 Å². The van der Waals surface area contributed by atoms with Crippen molar-refractivity contribution < 1.29 is 14.7 Å². The van der Waals surface area contributed by atoms with Crippen molar-refractivity contribution in [2.75, 3.05) is 13.1 Å². The molecule has 6 heteroatoms. The molecule has 1 aliphatic rings. The number of primary amides is 1. The summed E-state index contributed by atoms with van der Waals surface area (Å²) in [6.45, 7) is 2.28. The van der Waals surface area contributed by atoms with Crippen molar-refractivity contribution in [1.29, 1.82) is 0 Å². The first-order valence-electron chi connectivity index (χ1n) is 6.50. The van der Waals surface area contributed by atoms with Gasteiger partial charge in [0.1, 0.15) is 0 Å². The van der Waals surface area contributed by atoms with Crippen LogP contribution in [0.3, 0.4) is 0 Å². The van der Waals surface area contributed by atoms with Gasteiger partial charge in [-0.15, -0.1) is 0 Å². The molecule has 20 heavy (non-hydrogen) atoms. The lowest BCUT2D eigenvalue weighted by molar-refractivity contribution is -0.123. The highest BCUT2D eigenvalue weighted by Crippen LogP contribution is 2.23. The van der Waals surface area contributed by atoms with Crippen molar-refractivity contribution in [3.8, 4) is 0 Å². The minimum absolute atomic E-state index is 0.0826. The molecular weight excluding hydrogens is 324 g/mol. The Morgan fingerprint density at radius 1 is 1.45 bits per heavy atom. The van der Waals surface area contributed by atoms with E-state index >= 15 is 0 Å². The van der Waals surface area contributed by atoms with Crippen LogP contribution in [0, 0.1) is 5.92 Å². The second-order valence-corrected chi connectivity index (χ2v) is 5.94. The molecular formula is C14H17BrN2O3. The van der Waals surface area contributed by atoms with E-state index in [1.165, 1.54) is 0 Å². The Hall–Kier alpha value is -1.40. The highest BCUT2D eigenvalue weighted by atomic mass is 79.9. The number of likely N-dealkylation sites (tertiary alicyclic amines) is 1. The lowest BCUT2D eigenvalue weighted by Crippen LogP contribution is -2.40. The quantitative estimate of drug-likeness (QED) is 0.875. The predicted octanol–water partition coefficient (Wildman–Crippen LogP) is 1.84. The van der Waals surface area contributed by atoms with Gasteiger partial charge in [-0.2, -0.15) is 0 Å². The first kappa shape index (κ1) is 15.0. The zero-order valence-corrected chi connectivity index (χ0v) is 12.6. The van der Waals surface area contributed by atoms with Crippen LogP contribution in [0.5, 0.6) is 0 Å². The van der Waals surface area contributed by atoms with E-state index in [2.05, 4.69) is 20.8 Å². The summed E-state index contributed by atoms with van der Waals surface area (Å²) < 4.78 is 0.776. The number of amides is 1. The normalized spacial score (nSPS) is 19.8. The molecule has 0 bridgehead atoms. The van der Waals surface area contributed by atoms with Crippen LogP contribution in [-0.2, 0) is 11.3 Å². The number of nitrogens with zero attached hydrogens (tertiary/aromatic N) is 1. The van der Waals surface area contributed by atoms with E-state index < -0.39 is 5.97 Å². The van der Waals surface area contributed by atoms with Crippen LogP contribution in [0.2, 0.25) is 0 Å². The number of hydrogen-bond acceptors (Lipinski definition) is 3. The number of halogens is 1. The molecule has 2 rings (SSSR count). The summed E-state index contributed by atoms with van der Waals surface area (Å²) in [4.78, 5) is 24.3. The number of carboxylic acid groups (broad SMARTS) is 1. The molecule has 0 aliphatic carbocycles. The number of carbonyl (C=O) groups excluding carboxylic acids is 1. The van der Waals surface area contributed by atoms with Crippen LogP contribution in [0.15, 0.2) is 22.7 Å². The molecule has 1 saturated heterocycles. The molecule has 1 aromatic carbocycles. The minimum atomic E-state index is -0.941. The van der Waals surface area contributed by atoms with Crippen LogP contribution in [-0.4, -0.2) is 35.0 Å². The average Bonchev–Trinajstić information content (AvgIpc) is 2.41. The SMILES string of the molecule is NC(=O)C1CCCN(Cc2ccc(C(=O)O)cc2Br)C1. The molecule has 0 radical (unpaired) electrons. The van der Waals surface area contributed by atoms with Crippen LogP contribution >= 0.6 is 15.9 Å². The Balaban J connectivity index is 2.06. The van der Waals surface area contributed by atoms with E-state index in [1.807, 2.05) is 0 Å². The number of carboxylic acids is 1. The second kappa shape index (κ2) is 6.37. The number of carbonyl (C=O) groups is 2. The number of rotatable bonds is 4. The van der Waals surface area contributed by atoms with Gasteiger partial charge in [0, 0.05) is 17.6 Å². The molecule has 1 heterocycles. The zero-order chi connectivity index (χ0) is 14.7. The summed E-state index contributed by atoms with van der Waals surface area (Å²) in [6, 6.07) is 5.01. The van der Waals surface area contributed by atoms with Crippen molar-refractivity contribution in [2.24, 2.45) is 11.7 Å². The standard InChI is InChI=1S/C14H17BrN2O3/c15-12-6-9(14(19)20)3-4-10(12)7-17-5-1-2-11(8-17)13(16)18/h3-4,6,11H,1-2,5,7-8H2,(H2,16,18)(H,19,20). The van der Waals surface area contributed by atoms with Gasteiger partial charge in [0.2, 0.25) is 5.91 Å². The molecule has 0 aromatic heterocycles. The lowest BCUT2D eigenvalue weighted by Gasteiger charge is -2.31. The van der Waals surface area contributed by atoms with E-state index in [9.17, 15) is 9.59 Å². The Morgan fingerprint density at radius 3 is 2.80 bits per heavy atom. The van der Waals surface area contributed by atoms with Gasteiger partial charge >= 0.3 is 5.97 Å². The first-order valence-corrected chi connectivity index (χ1v) is 7.30. The van der Waals surface area contributed by atoms with Gasteiger partial charge in [0.25, 0.3) is 0 Å². The molecule has 0 spiro atoms. The summed E-state index contributed by atoms with van der Waals surface area (Å²) in [5.41, 5.74) is 6.64. The van der Waals surface area contributed by atoms with Crippen LogP contribution in [0.1, 0.15) is 28.8 Å². The van der Waals surface area contributed by atoms with Crippen molar-refractivity contribution >= 4 is 27.8 Å². The molecule has 108 valence electrons. The molecule has 1 aliphatic heterocycles. The van der Waals surface area contributed by atoms with Gasteiger partial charge in [-0.1, -0.05) is 22.0 Å². The Bertz CT molecular complexity index is 533. The summed E-state index contributed by atoms with van der Waals surface area (Å²) >= 11 is 3.40. The highest BCUT2D eigenvalue weighted by molar-refractivity contribution is 9.10. The number of hydrogen-bond donors (Lipinski definition) is 2. The number of nitrogens with two attached hydrogens (primary N) is 1. The number of benzene rings is 1. The van der Waals surface area contributed by atoms with Gasteiger partial charge in [-0.3, -0.25) is 9.69 Å². The minimum Gasteiger partial charge on any atom is -0.478 e. The molecule has 1 fully saturated rings. The third-order valence-electron chi connectivity index (χ3n) is 3.60. The smallest absolute Gasteiger partial charge is 0.335 e. The van der Waals surface area contributed by atoms with E-state index in [4.69, 9.17) is 10.8 Å². The fraction of sp³-hybridized carbons (Fsp3) is 0.429. The second-order valence-electron chi connectivity index (χ2n) is 5.09. The fourth-order valence-electron chi connectivity index (χ4n) is 2.48. The summed E-state index contributed by atoms with van der Waals surface area (Å²) in [6.07, 6.45) is 1.81. The first-order chi connectivity index (χ1) is 9.47. The largest absolute Gasteiger partial charge is 0.478 e. The maximum atomic E-state index is 11.3. The van der Waals surface area contributed by atoms with Gasteiger partial charge in [0.05, 0.1) is 11.5 Å². The number of aromatic carboxylic acids is 1. The third-order valence-corrected chi connectivity index (χ3v) is 4.34. The van der Waals surface area contributed by atoms with Gasteiger partial charge in [-0.25, -0.2) is 4.79 Å². The van der Waals surface area contributed by atoms with Crippen molar-refractivity contribution in [2.45, 2.75) is 19.4 Å². The average molecular weight is 341 g/mol. The molecule has 1 aromatic rings. The third kappa shape index (κ3) is 3.58. The molecule has 5 nitrogen and oxygen atoms in total. The van der Waals surface area contributed by atoms with Crippen molar-refractivity contribution in [3.05, 3.63) is 33.8 Å². The Labute approximate surface area is 125 Å². The highest BCUT2D eigenvalue weighted by Gasteiger charge is 2.24. The molecule has 1 amide bonds. The van der Waals surface area contributed by atoms with Gasteiger partial charge in [0.15, 0.2) is 0 Å². The maximum Gasteiger partial charge on any atom is 0.335 e. The van der Waals surface area contributed by atoms with Crippen LogP contribution < -0.4 is 5.73 Å². The molecule has 3 N–H and O–H groups in total. The lowest BCUT2D eigenvalue weighted by atomic mass is 9.97. The molecule has 1 atom stereocenters.